The highest BCUT2D eigenvalue weighted by atomic mass is 16.5. The zero-order valence-electron chi connectivity index (χ0n) is 11.8. The lowest BCUT2D eigenvalue weighted by molar-refractivity contribution is -0.162. The number of carbonyl (C=O) groups is 1. The van der Waals surface area contributed by atoms with Crippen LogP contribution in [0, 0.1) is 5.92 Å². The molecule has 0 radical (unpaired) electrons. The molecule has 104 valence electrons. The van der Waals surface area contributed by atoms with Gasteiger partial charge in [-0.25, -0.2) is 0 Å². The van der Waals surface area contributed by atoms with Crippen molar-refractivity contribution in [2.24, 2.45) is 11.7 Å². The molecule has 0 aromatic rings. The minimum absolute atomic E-state index is 0.0276. The standard InChI is InChI=1S/C14H26N2O2/c1-10-8-16(9-14(2,3)18-10)13(17)11-6-4-5-7-12(11)15/h10-12H,4-9,15H2,1-3H3. The van der Waals surface area contributed by atoms with Crippen LogP contribution in [-0.2, 0) is 9.53 Å². The minimum Gasteiger partial charge on any atom is -0.369 e. The first-order chi connectivity index (χ1) is 8.39. The smallest absolute Gasteiger partial charge is 0.227 e. The molecule has 4 heteroatoms. The molecule has 3 unspecified atom stereocenters. The summed E-state index contributed by atoms with van der Waals surface area (Å²) in [4.78, 5) is 14.5. The normalized spacial score (nSPS) is 36.4. The van der Waals surface area contributed by atoms with Gasteiger partial charge in [0.05, 0.1) is 17.6 Å². The monoisotopic (exact) mass is 254 g/mol. The SMILES string of the molecule is CC1CN(C(=O)C2CCCCC2N)CC(C)(C)O1. The van der Waals surface area contributed by atoms with E-state index in [0.717, 1.165) is 25.7 Å². The molecule has 1 aliphatic carbocycles. The molecule has 1 saturated heterocycles. The lowest BCUT2D eigenvalue weighted by Gasteiger charge is -2.43. The number of rotatable bonds is 1. The third-order valence-corrected chi connectivity index (χ3v) is 4.02. The largest absolute Gasteiger partial charge is 0.369 e. The van der Waals surface area contributed by atoms with E-state index in [1.807, 2.05) is 25.7 Å². The number of ether oxygens (including phenoxy) is 1. The minimum atomic E-state index is -0.244. The molecule has 2 fully saturated rings. The van der Waals surface area contributed by atoms with Crippen LogP contribution in [0.5, 0.6) is 0 Å². The van der Waals surface area contributed by atoms with Gasteiger partial charge in [-0.15, -0.1) is 0 Å². The fourth-order valence-corrected chi connectivity index (χ4v) is 3.32. The zero-order valence-corrected chi connectivity index (χ0v) is 11.8. The molecule has 1 heterocycles. The van der Waals surface area contributed by atoms with Crippen molar-refractivity contribution >= 4 is 5.91 Å². The van der Waals surface area contributed by atoms with Crippen LogP contribution in [0.3, 0.4) is 0 Å². The van der Waals surface area contributed by atoms with Crippen molar-refractivity contribution < 1.29 is 9.53 Å². The van der Waals surface area contributed by atoms with Gasteiger partial charge in [0.15, 0.2) is 0 Å². The van der Waals surface area contributed by atoms with Crippen LogP contribution in [0.1, 0.15) is 46.5 Å². The Morgan fingerprint density at radius 1 is 1.33 bits per heavy atom. The second-order valence-corrected chi connectivity index (χ2v) is 6.46. The van der Waals surface area contributed by atoms with Crippen LogP contribution in [0.4, 0.5) is 0 Å². The third-order valence-electron chi connectivity index (χ3n) is 4.02. The van der Waals surface area contributed by atoms with Gasteiger partial charge < -0.3 is 15.4 Å². The van der Waals surface area contributed by atoms with E-state index in [-0.39, 0.29) is 29.6 Å². The first-order valence-electron chi connectivity index (χ1n) is 7.11. The predicted molar refractivity (Wildman–Crippen MR) is 71.1 cm³/mol. The molecule has 2 N–H and O–H groups in total. The van der Waals surface area contributed by atoms with E-state index in [2.05, 4.69) is 0 Å². The van der Waals surface area contributed by atoms with Gasteiger partial charge in [0.2, 0.25) is 5.91 Å². The van der Waals surface area contributed by atoms with E-state index >= 15 is 0 Å². The van der Waals surface area contributed by atoms with Crippen LogP contribution in [-0.4, -0.2) is 41.6 Å². The maximum Gasteiger partial charge on any atom is 0.227 e. The summed E-state index contributed by atoms with van der Waals surface area (Å²) in [6, 6.07) is 0.0486. The second-order valence-electron chi connectivity index (χ2n) is 6.46. The van der Waals surface area contributed by atoms with Gasteiger partial charge in [0.25, 0.3) is 0 Å². The maximum absolute atomic E-state index is 12.6. The van der Waals surface area contributed by atoms with Crippen molar-refractivity contribution in [2.45, 2.75) is 64.2 Å². The summed E-state index contributed by atoms with van der Waals surface area (Å²) in [5, 5.41) is 0. The molecular weight excluding hydrogens is 228 g/mol. The van der Waals surface area contributed by atoms with Crippen LogP contribution in [0.25, 0.3) is 0 Å². The Labute approximate surface area is 110 Å². The molecule has 0 aromatic carbocycles. The summed E-state index contributed by atoms with van der Waals surface area (Å²) in [6.07, 6.45) is 4.34. The number of nitrogens with zero attached hydrogens (tertiary/aromatic N) is 1. The average Bonchev–Trinajstić information content (AvgIpc) is 2.26. The quantitative estimate of drug-likeness (QED) is 0.772. The van der Waals surface area contributed by atoms with E-state index in [4.69, 9.17) is 10.5 Å². The Morgan fingerprint density at radius 2 is 2.00 bits per heavy atom. The van der Waals surface area contributed by atoms with E-state index in [1.165, 1.54) is 0 Å². The molecule has 0 aromatic heterocycles. The molecule has 0 bridgehead atoms. The van der Waals surface area contributed by atoms with E-state index in [9.17, 15) is 4.79 Å². The van der Waals surface area contributed by atoms with Gasteiger partial charge in [0, 0.05) is 19.1 Å². The highest BCUT2D eigenvalue weighted by molar-refractivity contribution is 5.80. The van der Waals surface area contributed by atoms with Crippen LogP contribution in [0.2, 0.25) is 0 Å². The molecule has 4 nitrogen and oxygen atoms in total. The third kappa shape index (κ3) is 3.04. The van der Waals surface area contributed by atoms with Crippen molar-refractivity contribution in [3.63, 3.8) is 0 Å². The van der Waals surface area contributed by atoms with E-state index in [0.29, 0.717) is 13.1 Å². The van der Waals surface area contributed by atoms with E-state index in [1.54, 1.807) is 0 Å². The first-order valence-corrected chi connectivity index (χ1v) is 7.11. The molecule has 3 atom stereocenters. The van der Waals surface area contributed by atoms with Crippen molar-refractivity contribution in [3.05, 3.63) is 0 Å². The van der Waals surface area contributed by atoms with Crippen molar-refractivity contribution in [3.8, 4) is 0 Å². The summed E-state index contributed by atoms with van der Waals surface area (Å²) in [5.41, 5.74) is 5.87. The number of hydrogen-bond acceptors (Lipinski definition) is 3. The summed E-state index contributed by atoms with van der Waals surface area (Å²) in [5.74, 6) is 0.269. The Morgan fingerprint density at radius 3 is 2.61 bits per heavy atom. The molecule has 2 aliphatic rings. The number of amides is 1. The lowest BCUT2D eigenvalue weighted by atomic mass is 9.83. The number of carbonyl (C=O) groups excluding carboxylic acids is 1. The maximum atomic E-state index is 12.6. The molecule has 0 spiro atoms. The highest BCUT2D eigenvalue weighted by Gasteiger charge is 2.38. The van der Waals surface area contributed by atoms with Crippen molar-refractivity contribution in [1.29, 1.82) is 0 Å². The van der Waals surface area contributed by atoms with Gasteiger partial charge in [0.1, 0.15) is 0 Å². The fraction of sp³-hybridized carbons (Fsp3) is 0.929. The Balaban J connectivity index is 2.03. The first kappa shape index (κ1) is 13.8. The summed E-state index contributed by atoms with van der Waals surface area (Å²) in [6.45, 7) is 7.50. The predicted octanol–water partition coefficient (Wildman–Crippen LogP) is 1.53. The Hall–Kier alpha value is -0.610. The molecule has 1 saturated carbocycles. The lowest BCUT2D eigenvalue weighted by Crippen LogP contribution is -2.57. The fourth-order valence-electron chi connectivity index (χ4n) is 3.32. The summed E-state index contributed by atoms with van der Waals surface area (Å²) >= 11 is 0. The summed E-state index contributed by atoms with van der Waals surface area (Å²) in [7, 11) is 0. The van der Waals surface area contributed by atoms with Gasteiger partial charge in [-0.05, 0) is 33.6 Å². The molecule has 2 rings (SSSR count). The highest BCUT2D eigenvalue weighted by Crippen LogP contribution is 2.28. The van der Waals surface area contributed by atoms with E-state index < -0.39 is 0 Å². The van der Waals surface area contributed by atoms with Crippen molar-refractivity contribution in [1.82, 2.24) is 4.90 Å². The Kier molecular flexibility index (Phi) is 3.97. The molecular formula is C14H26N2O2. The van der Waals surface area contributed by atoms with Crippen molar-refractivity contribution in [2.75, 3.05) is 13.1 Å². The van der Waals surface area contributed by atoms with Gasteiger partial charge >= 0.3 is 0 Å². The second kappa shape index (κ2) is 5.17. The molecule has 1 aliphatic heterocycles. The van der Waals surface area contributed by atoms with Crippen LogP contribution in [0.15, 0.2) is 0 Å². The Bertz CT molecular complexity index is 317. The number of hydrogen-bond donors (Lipinski definition) is 1. The van der Waals surface area contributed by atoms with Crippen LogP contribution < -0.4 is 5.73 Å². The van der Waals surface area contributed by atoms with Gasteiger partial charge in [-0.3, -0.25) is 4.79 Å². The average molecular weight is 254 g/mol. The zero-order chi connectivity index (χ0) is 13.3. The van der Waals surface area contributed by atoms with Crippen LogP contribution >= 0.6 is 0 Å². The summed E-state index contributed by atoms with van der Waals surface area (Å²) < 4.78 is 5.84. The van der Waals surface area contributed by atoms with Gasteiger partial charge in [-0.2, -0.15) is 0 Å². The molecule has 1 amide bonds. The molecule has 18 heavy (non-hydrogen) atoms. The topological polar surface area (TPSA) is 55.6 Å². The van der Waals surface area contributed by atoms with Gasteiger partial charge in [-0.1, -0.05) is 12.8 Å². The number of nitrogens with two attached hydrogens (primary N) is 1. The number of morpholine rings is 1.